The molecule has 0 aliphatic heterocycles. The van der Waals surface area contributed by atoms with Crippen LogP contribution < -0.4 is 11.1 Å². The normalized spacial score (nSPS) is 34.6. The van der Waals surface area contributed by atoms with Gasteiger partial charge in [-0.05, 0) is 56.8 Å². The molecule has 0 aromatic carbocycles. The van der Waals surface area contributed by atoms with Crippen LogP contribution in [0.25, 0.3) is 0 Å². The number of Topliss-reactive ketones (excluding diaryl/α,β-unsaturated/α-hetero) is 1. The molecule has 3 aliphatic rings. The van der Waals surface area contributed by atoms with E-state index >= 15 is 0 Å². The molecular weight excluding hydrogens is 292 g/mol. The highest BCUT2D eigenvalue weighted by molar-refractivity contribution is 6.37. The molecule has 2 amide bonds. The number of nitrogens with one attached hydrogen (secondary N) is 1. The molecule has 0 unspecified atom stereocenters. The molecule has 5 nitrogen and oxygen atoms in total. The van der Waals surface area contributed by atoms with E-state index in [-0.39, 0.29) is 40.9 Å². The quantitative estimate of drug-likeness (QED) is 0.777. The van der Waals surface area contributed by atoms with Crippen molar-refractivity contribution in [3.63, 3.8) is 0 Å². The smallest absolute Gasteiger partial charge is 0.287 e. The van der Waals surface area contributed by atoms with Gasteiger partial charge in [-0.2, -0.15) is 0 Å². The van der Waals surface area contributed by atoms with Crippen molar-refractivity contribution in [3.05, 3.63) is 0 Å². The first-order valence-electron chi connectivity index (χ1n) is 9.13. The van der Waals surface area contributed by atoms with Crippen LogP contribution in [0.2, 0.25) is 0 Å². The van der Waals surface area contributed by atoms with Gasteiger partial charge in [0.15, 0.2) is 0 Å². The first kappa shape index (κ1) is 16.5. The Hall–Kier alpha value is -1.39. The zero-order chi connectivity index (χ0) is 16.4. The second kappa shape index (κ2) is 6.62. The van der Waals surface area contributed by atoms with Crippen molar-refractivity contribution >= 4 is 17.6 Å². The van der Waals surface area contributed by atoms with Gasteiger partial charge in [0.1, 0.15) is 0 Å². The Kier molecular flexibility index (Phi) is 4.74. The molecule has 0 heterocycles. The summed E-state index contributed by atoms with van der Waals surface area (Å²) in [6.45, 7) is 0. The molecule has 3 fully saturated rings. The van der Waals surface area contributed by atoms with Crippen LogP contribution in [-0.4, -0.2) is 23.6 Å². The van der Waals surface area contributed by atoms with Crippen LogP contribution in [0.15, 0.2) is 0 Å². The molecule has 23 heavy (non-hydrogen) atoms. The fourth-order valence-electron chi connectivity index (χ4n) is 4.82. The maximum absolute atomic E-state index is 12.2. The van der Waals surface area contributed by atoms with Gasteiger partial charge in [-0.15, -0.1) is 0 Å². The van der Waals surface area contributed by atoms with Crippen LogP contribution in [0, 0.1) is 17.3 Å². The van der Waals surface area contributed by atoms with Gasteiger partial charge in [0.05, 0.1) is 0 Å². The maximum atomic E-state index is 12.2. The molecule has 128 valence electrons. The Labute approximate surface area is 137 Å². The molecule has 0 saturated heterocycles. The molecular formula is C18H28N2O3. The van der Waals surface area contributed by atoms with Crippen molar-refractivity contribution in [1.82, 2.24) is 5.32 Å². The Morgan fingerprint density at radius 3 is 2.04 bits per heavy atom. The van der Waals surface area contributed by atoms with E-state index in [4.69, 9.17) is 5.73 Å². The Balaban J connectivity index is 1.42. The van der Waals surface area contributed by atoms with Crippen LogP contribution in [0.3, 0.4) is 0 Å². The van der Waals surface area contributed by atoms with Crippen LogP contribution in [0.5, 0.6) is 0 Å². The fourth-order valence-corrected chi connectivity index (χ4v) is 4.82. The summed E-state index contributed by atoms with van der Waals surface area (Å²) in [4.78, 5) is 35.6. The molecule has 1 spiro atoms. The number of carbonyl (C=O) groups is 3. The van der Waals surface area contributed by atoms with Gasteiger partial charge in [-0.25, -0.2) is 0 Å². The number of nitrogens with two attached hydrogens (primary N) is 1. The fraction of sp³-hybridized carbons (Fsp3) is 0.833. The highest BCUT2D eigenvalue weighted by atomic mass is 16.2. The number of ketones is 1. The second-order valence-corrected chi connectivity index (χ2v) is 7.95. The summed E-state index contributed by atoms with van der Waals surface area (Å²) >= 11 is 0. The third-order valence-corrected chi connectivity index (χ3v) is 6.34. The maximum Gasteiger partial charge on any atom is 0.287 e. The highest BCUT2D eigenvalue weighted by Crippen LogP contribution is 2.52. The van der Waals surface area contributed by atoms with E-state index in [1.165, 1.54) is 6.42 Å². The van der Waals surface area contributed by atoms with Gasteiger partial charge in [-0.3, -0.25) is 14.4 Å². The molecule has 3 N–H and O–H groups in total. The lowest BCUT2D eigenvalue weighted by Crippen LogP contribution is -2.54. The number of carbonyl (C=O) groups excluding carboxylic acids is 3. The lowest BCUT2D eigenvalue weighted by Gasteiger charge is -2.51. The minimum atomic E-state index is -0.373. The van der Waals surface area contributed by atoms with E-state index in [0.717, 1.165) is 64.2 Å². The van der Waals surface area contributed by atoms with Gasteiger partial charge in [0.2, 0.25) is 11.7 Å². The standard InChI is InChI=1S/C18H28N2O3/c19-16(22)13-6-8-18(9-7-13)10-14(11-18)20-17(23)15(21)12-4-2-1-3-5-12/h12-14H,1-11H2,(H2,19,22)(H,20,23). The number of hydrogen-bond acceptors (Lipinski definition) is 3. The van der Waals surface area contributed by atoms with Crippen molar-refractivity contribution in [2.75, 3.05) is 0 Å². The monoisotopic (exact) mass is 320 g/mol. The Morgan fingerprint density at radius 2 is 1.48 bits per heavy atom. The predicted octanol–water partition coefficient (Wildman–Crippen LogP) is 2.08. The van der Waals surface area contributed by atoms with Crippen molar-refractivity contribution in [1.29, 1.82) is 0 Å². The summed E-state index contributed by atoms with van der Waals surface area (Å²) in [6, 6.07) is 0.139. The van der Waals surface area contributed by atoms with Gasteiger partial charge in [0.25, 0.3) is 5.91 Å². The van der Waals surface area contributed by atoms with Gasteiger partial charge >= 0.3 is 0 Å². The van der Waals surface area contributed by atoms with E-state index in [1.807, 2.05) is 0 Å². The first-order chi connectivity index (χ1) is 11.0. The van der Waals surface area contributed by atoms with Crippen molar-refractivity contribution in [2.24, 2.45) is 23.0 Å². The van der Waals surface area contributed by atoms with Crippen LogP contribution >= 0.6 is 0 Å². The molecule has 0 bridgehead atoms. The first-order valence-corrected chi connectivity index (χ1v) is 9.13. The number of amides is 2. The van der Waals surface area contributed by atoms with Gasteiger partial charge < -0.3 is 11.1 Å². The molecule has 3 saturated carbocycles. The Morgan fingerprint density at radius 1 is 0.870 bits per heavy atom. The summed E-state index contributed by atoms with van der Waals surface area (Å²) in [5.74, 6) is -0.779. The molecule has 3 rings (SSSR count). The number of hydrogen-bond donors (Lipinski definition) is 2. The van der Waals surface area contributed by atoms with E-state index < -0.39 is 0 Å². The molecule has 0 aromatic heterocycles. The van der Waals surface area contributed by atoms with Crippen LogP contribution in [0.1, 0.15) is 70.6 Å². The minimum Gasteiger partial charge on any atom is -0.369 e. The zero-order valence-electron chi connectivity index (χ0n) is 13.8. The molecule has 0 atom stereocenters. The highest BCUT2D eigenvalue weighted by Gasteiger charge is 2.47. The van der Waals surface area contributed by atoms with E-state index in [9.17, 15) is 14.4 Å². The van der Waals surface area contributed by atoms with E-state index in [0.29, 0.717) is 0 Å². The zero-order valence-corrected chi connectivity index (χ0v) is 13.8. The summed E-state index contributed by atoms with van der Waals surface area (Å²) in [5, 5.41) is 2.94. The average molecular weight is 320 g/mol. The van der Waals surface area contributed by atoms with E-state index in [1.54, 1.807) is 0 Å². The minimum absolute atomic E-state index is 0.0298. The summed E-state index contributed by atoms with van der Waals surface area (Å²) < 4.78 is 0. The molecule has 0 aromatic rings. The van der Waals surface area contributed by atoms with E-state index in [2.05, 4.69) is 5.32 Å². The largest absolute Gasteiger partial charge is 0.369 e. The summed E-state index contributed by atoms with van der Waals surface area (Å²) in [5.41, 5.74) is 5.65. The van der Waals surface area contributed by atoms with Crippen LogP contribution in [-0.2, 0) is 14.4 Å². The third kappa shape index (κ3) is 3.59. The number of rotatable bonds is 4. The Bertz CT molecular complexity index is 480. The van der Waals surface area contributed by atoms with Crippen molar-refractivity contribution in [3.8, 4) is 0 Å². The summed E-state index contributed by atoms with van der Waals surface area (Å²) in [6.07, 6.45) is 10.7. The topological polar surface area (TPSA) is 89.3 Å². The van der Waals surface area contributed by atoms with Crippen molar-refractivity contribution < 1.29 is 14.4 Å². The van der Waals surface area contributed by atoms with Crippen LogP contribution in [0.4, 0.5) is 0 Å². The average Bonchev–Trinajstić information content (AvgIpc) is 2.54. The lowest BCUT2D eigenvalue weighted by molar-refractivity contribution is -0.142. The lowest BCUT2D eigenvalue weighted by atomic mass is 9.57. The van der Waals surface area contributed by atoms with Crippen molar-refractivity contribution in [2.45, 2.75) is 76.7 Å². The van der Waals surface area contributed by atoms with Gasteiger partial charge in [0, 0.05) is 17.9 Å². The SMILES string of the molecule is NC(=O)C1CCC2(CC1)CC(NC(=O)C(=O)C1CCCCC1)C2. The number of primary amides is 1. The molecule has 3 aliphatic carbocycles. The second-order valence-electron chi connectivity index (χ2n) is 7.95. The van der Waals surface area contributed by atoms with Gasteiger partial charge in [-0.1, -0.05) is 19.3 Å². The third-order valence-electron chi connectivity index (χ3n) is 6.34. The molecule has 0 radical (unpaired) electrons. The summed E-state index contributed by atoms with van der Waals surface area (Å²) in [7, 11) is 0. The predicted molar refractivity (Wildman–Crippen MR) is 86.3 cm³/mol. The molecule has 5 heteroatoms.